The van der Waals surface area contributed by atoms with Gasteiger partial charge in [0.1, 0.15) is 73.8 Å². The van der Waals surface area contributed by atoms with Crippen molar-refractivity contribution in [2.45, 2.75) is 30.8 Å². The van der Waals surface area contributed by atoms with E-state index in [0.29, 0.717) is 32.8 Å². The van der Waals surface area contributed by atoms with Crippen molar-refractivity contribution in [2.75, 3.05) is 52.9 Å². The van der Waals surface area contributed by atoms with E-state index in [9.17, 15) is 0 Å². The van der Waals surface area contributed by atoms with E-state index in [1.807, 2.05) is 36.4 Å². The summed E-state index contributed by atoms with van der Waals surface area (Å²) in [6.07, 6.45) is 1.45. The first-order valence-electron chi connectivity index (χ1n) is 11.5. The number of hydrogen-bond donors (Lipinski definition) is 0. The molecule has 4 heterocycles. The van der Waals surface area contributed by atoms with Crippen molar-refractivity contribution < 1.29 is 37.9 Å². The molecule has 2 aromatic rings. The Morgan fingerprint density at radius 2 is 0.758 bits per heavy atom. The normalized spacial score (nSPS) is 26.4. The molecule has 4 aliphatic heterocycles. The molecule has 2 aromatic carbocycles. The highest BCUT2D eigenvalue weighted by atomic mass is 16.6. The van der Waals surface area contributed by atoms with Gasteiger partial charge in [0, 0.05) is 12.1 Å². The maximum absolute atomic E-state index is 5.95. The van der Waals surface area contributed by atoms with Crippen LogP contribution in [-0.2, 0) is 25.4 Å². The Kier molecular flexibility index (Phi) is 5.98. The smallest absolute Gasteiger partial charge is 0.123 e. The van der Waals surface area contributed by atoms with Crippen molar-refractivity contribution in [3.8, 4) is 23.0 Å². The Morgan fingerprint density at radius 1 is 0.485 bits per heavy atom. The van der Waals surface area contributed by atoms with E-state index in [1.54, 1.807) is 0 Å². The Morgan fingerprint density at radius 3 is 1.00 bits per heavy atom. The molecular formula is C25H28O8. The molecule has 0 aromatic heterocycles. The Hall–Kier alpha value is -2.52. The van der Waals surface area contributed by atoms with E-state index < -0.39 is 0 Å². The van der Waals surface area contributed by atoms with Crippen LogP contribution in [0.2, 0.25) is 0 Å². The molecule has 0 bridgehead atoms. The highest BCUT2D eigenvalue weighted by Crippen LogP contribution is 2.30. The quantitative estimate of drug-likeness (QED) is 0.401. The fourth-order valence-corrected chi connectivity index (χ4v) is 3.45. The summed E-state index contributed by atoms with van der Waals surface area (Å²) in [4.78, 5) is 0. The summed E-state index contributed by atoms with van der Waals surface area (Å²) in [5.41, 5.74) is 2.16. The minimum atomic E-state index is 0.192. The first-order chi connectivity index (χ1) is 16.2. The van der Waals surface area contributed by atoms with Gasteiger partial charge in [0.05, 0.1) is 26.4 Å². The molecule has 4 unspecified atom stereocenters. The van der Waals surface area contributed by atoms with Crippen molar-refractivity contribution in [3.63, 3.8) is 0 Å². The van der Waals surface area contributed by atoms with Crippen molar-refractivity contribution >= 4 is 0 Å². The van der Waals surface area contributed by atoms with E-state index in [0.717, 1.165) is 60.6 Å². The van der Waals surface area contributed by atoms with E-state index in [-0.39, 0.29) is 24.4 Å². The summed E-state index contributed by atoms with van der Waals surface area (Å²) in [5.74, 6) is 3.09. The minimum absolute atomic E-state index is 0.192. The van der Waals surface area contributed by atoms with Crippen LogP contribution >= 0.6 is 0 Å². The topological polar surface area (TPSA) is 87.0 Å². The van der Waals surface area contributed by atoms with Gasteiger partial charge in [-0.05, 0) is 41.8 Å². The standard InChI is InChI=1S/C25H28O8/c1(16-2-18(26-8-22-12-30-22)6-19(3-16)27-9-23-13-31-23)17-4-20(28-10-24-14-32-24)7-21(5-17)29-11-25-15-33-25/h2-7,22-25H,1,8-15H2. The summed E-state index contributed by atoms with van der Waals surface area (Å²) < 4.78 is 44.9. The zero-order valence-corrected chi connectivity index (χ0v) is 18.4. The van der Waals surface area contributed by atoms with E-state index >= 15 is 0 Å². The lowest BCUT2D eigenvalue weighted by Gasteiger charge is -2.14. The minimum Gasteiger partial charge on any atom is -0.491 e. The highest BCUT2D eigenvalue weighted by Gasteiger charge is 2.26. The van der Waals surface area contributed by atoms with Gasteiger partial charge in [-0.1, -0.05) is 0 Å². The molecule has 176 valence electrons. The summed E-state index contributed by atoms with van der Waals surface area (Å²) in [5, 5.41) is 0. The lowest BCUT2D eigenvalue weighted by molar-refractivity contribution is 0.251. The lowest BCUT2D eigenvalue weighted by Crippen LogP contribution is -2.08. The molecule has 4 saturated heterocycles. The molecule has 8 nitrogen and oxygen atoms in total. The average molecular weight is 456 g/mol. The third-order valence-corrected chi connectivity index (χ3v) is 5.64. The molecule has 4 fully saturated rings. The molecule has 0 N–H and O–H groups in total. The Balaban J connectivity index is 1.19. The van der Waals surface area contributed by atoms with Gasteiger partial charge in [-0.15, -0.1) is 0 Å². The van der Waals surface area contributed by atoms with E-state index in [2.05, 4.69) is 0 Å². The van der Waals surface area contributed by atoms with Gasteiger partial charge in [0.25, 0.3) is 0 Å². The van der Waals surface area contributed by atoms with Crippen LogP contribution in [0.5, 0.6) is 23.0 Å². The third kappa shape index (κ3) is 6.74. The average Bonchev–Trinajstić information content (AvgIpc) is 3.62. The largest absolute Gasteiger partial charge is 0.491 e. The molecule has 0 amide bonds. The molecular weight excluding hydrogens is 428 g/mol. The van der Waals surface area contributed by atoms with Crippen LogP contribution in [0, 0.1) is 0 Å². The van der Waals surface area contributed by atoms with Crippen LogP contribution in [0.3, 0.4) is 0 Å². The van der Waals surface area contributed by atoms with Gasteiger partial charge >= 0.3 is 0 Å². The molecule has 6 rings (SSSR count). The monoisotopic (exact) mass is 456 g/mol. The van der Waals surface area contributed by atoms with Crippen molar-refractivity contribution in [1.82, 2.24) is 0 Å². The van der Waals surface area contributed by atoms with Crippen LogP contribution < -0.4 is 18.9 Å². The van der Waals surface area contributed by atoms with E-state index in [4.69, 9.17) is 37.9 Å². The lowest BCUT2D eigenvalue weighted by atomic mass is 10.0. The van der Waals surface area contributed by atoms with Gasteiger partial charge in [-0.2, -0.15) is 0 Å². The van der Waals surface area contributed by atoms with Gasteiger partial charge in [0.15, 0.2) is 0 Å². The van der Waals surface area contributed by atoms with Gasteiger partial charge in [-0.3, -0.25) is 0 Å². The first kappa shape index (κ1) is 21.0. The first-order valence-corrected chi connectivity index (χ1v) is 11.5. The van der Waals surface area contributed by atoms with Crippen LogP contribution in [-0.4, -0.2) is 77.3 Å². The second-order valence-electron chi connectivity index (χ2n) is 8.87. The summed E-state index contributed by atoms with van der Waals surface area (Å²) >= 11 is 0. The molecule has 33 heavy (non-hydrogen) atoms. The molecule has 4 aliphatic rings. The molecule has 0 radical (unpaired) electrons. The number of rotatable bonds is 14. The molecule has 0 aliphatic carbocycles. The molecule has 8 heteroatoms. The fourth-order valence-electron chi connectivity index (χ4n) is 3.45. The second-order valence-corrected chi connectivity index (χ2v) is 8.87. The number of ether oxygens (including phenoxy) is 8. The van der Waals surface area contributed by atoms with Crippen molar-refractivity contribution in [1.29, 1.82) is 0 Å². The highest BCUT2D eigenvalue weighted by molar-refractivity contribution is 5.44. The van der Waals surface area contributed by atoms with E-state index in [1.165, 1.54) is 0 Å². The number of hydrogen-bond acceptors (Lipinski definition) is 8. The summed E-state index contributed by atoms with van der Waals surface area (Å²) in [6.45, 7) is 5.21. The van der Waals surface area contributed by atoms with Crippen molar-refractivity contribution in [3.05, 3.63) is 47.5 Å². The Labute approximate surface area is 192 Å². The maximum Gasteiger partial charge on any atom is 0.123 e. The molecule has 0 saturated carbocycles. The predicted octanol–water partition coefficient (Wildman–Crippen LogP) is 2.39. The van der Waals surface area contributed by atoms with Gasteiger partial charge in [-0.25, -0.2) is 0 Å². The second kappa shape index (κ2) is 9.38. The summed E-state index contributed by atoms with van der Waals surface area (Å²) in [6, 6.07) is 12.0. The zero-order chi connectivity index (χ0) is 22.0. The SMILES string of the molecule is c1c(Cc2cc(OCC3CO3)cc(OCC3CO3)c2)cc(OCC2CO2)cc1OCC1CO1. The number of epoxide rings is 4. The van der Waals surface area contributed by atoms with Crippen LogP contribution in [0.25, 0.3) is 0 Å². The van der Waals surface area contributed by atoms with Crippen LogP contribution in [0.4, 0.5) is 0 Å². The molecule has 0 spiro atoms. The zero-order valence-electron chi connectivity index (χ0n) is 18.4. The summed E-state index contributed by atoms with van der Waals surface area (Å²) in [7, 11) is 0. The van der Waals surface area contributed by atoms with Gasteiger partial charge < -0.3 is 37.9 Å². The fraction of sp³-hybridized carbons (Fsp3) is 0.520. The Bertz CT molecular complexity index is 817. The van der Waals surface area contributed by atoms with Crippen molar-refractivity contribution in [2.24, 2.45) is 0 Å². The molecule has 4 atom stereocenters. The van der Waals surface area contributed by atoms with Crippen LogP contribution in [0.15, 0.2) is 36.4 Å². The predicted molar refractivity (Wildman–Crippen MR) is 117 cm³/mol. The van der Waals surface area contributed by atoms with Gasteiger partial charge in [0.2, 0.25) is 0 Å². The third-order valence-electron chi connectivity index (χ3n) is 5.64. The van der Waals surface area contributed by atoms with Crippen LogP contribution in [0.1, 0.15) is 11.1 Å². The number of benzene rings is 2. The maximum atomic E-state index is 5.95.